The summed E-state index contributed by atoms with van der Waals surface area (Å²) in [5.74, 6) is 0.604. The Morgan fingerprint density at radius 2 is 2.25 bits per heavy atom. The summed E-state index contributed by atoms with van der Waals surface area (Å²) < 4.78 is 31.8. The number of hydrogen-bond donors (Lipinski definition) is 2. The van der Waals surface area contributed by atoms with Crippen LogP contribution in [0.3, 0.4) is 0 Å². The molecule has 0 saturated carbocycles. The third-order valence-corrected chi connectivity index (χ3v) is 4.94. The number of nitrogens with one attached hydrogen (secondary N) is 1. The fraction of sp³-hybridized carbons (Fsp3) is 0.583. The molecule has 112 valence electrons. The van der Waals surface area contributed by atoms with Gasteiger partial charge in [0.05, 0.1) is 18.8 Å². The van der Waals surface area contributed by atoms with Gasteiger partial charge >= 0.3 is 0 Å². The Hall–Kier alpha value is -1.22. The standard InChI is InChI=1S/C12H19N3O4S/c1-9-6-15(7-10(8-16)19-9)20(17,18)11-3-4-12(13-2)14-5-11/h3-5,9-10,16H,6-8H2,1-2H3,(H,13,14). The van der Waals surface area contributed by atoms with Crippen molar-refractivity contribution in [1.29, 1.82) is 0 Å². The lowest BCUT2D eigenvalue weighted by molar-refractivity contribution is -0.0750. The second kappa shape index (κ2) is 6.04. The molecule has 1 aromatic heterocycles. The highest BCUT2D eigenvalue weighted by Crippen LogP contribution is 2.21. The Morgan fingerprint density at radius 3 is 2.80 bits per heavy atom. The SMILES string of the molecule is CNc1ccc(S(=O)(=O)N2CC(C)OC(CO)C2)cn1. The van der Waals surface area contributed by atoms with Crippen LogP contribution in [0.5, 0.6) is 0 Å². The highest BCUT2D eigenvalue weighted by Gasteiger charge is 2.33. The molecule has 0 spiro atoms. The summed E-state index contributed by atoms with van der Waals surface area (Å²) in [6, 6.07) is 3.13. The third-order valence-electron chi connectivity index (χ3n) is 3.13. The van der Waals surface area contributed by atoms with Crippen LogP contribution < -0.4 is 5.32 Å². The summed E-state index contributed by atoms with van der Waals surface area (Å²) in [4.78, 5) is 4.16. The van der Waals surface area contributed by atoms with E-state index in [9.17, 15) is 8.42 Å². The van der Waals surface area contributed by atoms with E-state index in [-0.39, 0.29) is 30.7 Å². The maximum atomic E-state index is 12.5. The van der Waals surface area contributed by atoms with Crippen molar-refractivity contribution in [2.75, 3.05) is 32.1 Å². The van der Waals surface area contributed by atoms with Crippen molar-refractivity contribution < 1.29 is 18.3 Å². The molecule has 2 N–H and O–H groups in total. The van der Waals surface area contributed by atoms with E-state index in [0.29, 0.717) is 5.82 Å². The van der Waals surface area contributed by atoms with Crippen molar-refractivity contribution >= 4 is 15.8 Å². The molecule has 1 fully saturated rings. The van der Waals surface area contributed by atoms with Gasteiger partial charge in [0.2, 0.25) is 10.0 Å². The fourth-order valence-corrected chi connectivity index (χ4v) is 3.62. The number of sulfonamides is 1. The first kappa shape index (κ1) is 15.2. The van der Waals surface area contributed by atoms with Crippen LogP contribution >= 0.6 is 0 Å². The zero-order valence-corrected chi connectivity index (χ0v) is 12.3. The molecular weight excluding hydrogens is 282 g/mol. The Bertz CT molecular complexity index is 546. The molecule has 1 aliphatic rings. The molecule has 1 aliphatic heterocycles. The van der Waals surface area contributed by atoms with Crippen LogP contribution in [-0.2, 0) is 14.8 Å². The Morgan fingerprint density at radius 1 is 1.50 bits per heavy atom. The minimum Gasteiger partial charge on any atom is -0.394 e. The number of anilines is 1. The monoisotopic (exact) mass is 301 g/mol. The zero-order valence-electron chi connectivity index (χ0n) is 11.5. The van der Waals surface area contributed by atoms with Gasteiger partial charge in [0.25, 0.3) is 0 Å². The minimum atomic E-state index is -3.61. The first-order chi connectivity index (χ1) is 9.47. The van der Waals surface area contributed by atoms with E-state index in [4.69, 9.17) is 9.84 Å². The first-order valence-corrected chi connectivity index (χ1v) is 7.81. The maximum absolute atomic E-state index is 12.5. The number of aliphatic hydroxyl groups is 1. The maximum Gasteiger partial charge on any atom is 0.244 e. The van der Waals surface area contributed by atoms with Gasteiger partial charge in [-0.1, -0.05) is 0 Å². The Balaban J connectivity index is 2.24. The van der Waals surface area contributed by atoms with Gasteiger partial charge in [0.1, 0.15) is 10.7 Å². The van der Waals surface area contributed by atoms with Gasteiger partial charge in [-0.25, -0.2) is 13.4 Å². The molecule has 1 saturated heterocycles. The Labute approximate surface area is 118 Å². The van der Waals surface area contributed by atoms with Crippen LogP contribution in [0, 0.1) is 0 Å². The molecule has 20 heavy (non-hydrogen) atoms. The highest BCUT2D eigenvalue weighted by molar-refractivity contribution is 7.89. The molecule has 0 aromatic carbocycles. The molecule has 0 radical (unpaired) electrons. The van der Waals surface area contributed by atoms with Crippen LogP contribution in [0.2, 0.25) is 0 Å². The van der Waals surface area contributed by atoms with E-state index < -0.39 is 16.1 Å². The van der Waals surface area contributed by atoms with E-state index in [1.807, 2.05) is 0 Å². The zero-order chi connectivity index (χ0) is 14.8. The molecule has 8 heteroatoms. The fourth-order valence-electron chi connectivity index (χ4n) is 2.13. The smallest absolute Gasteiger partial charge is 0.244 e. The predicted octanol–water partition coefficient (Wildman–Crippen LogP) is -0.106. The van der Waals surface area contributed by atoms with Gasteiger partial charge < -0.3 is 15.2 Å². The van der Waals surface area contributed by atoms with E-state index >= 15 is 0 Å². The summed E-state index contributed by atoms with van der Waals surface area (Å²) in [6.45, 7) is 2.00. The molecule has 2 unspecified atom stereocenters. The summed E-state index contributed by atoms with van der Waals surface area (Å²) in [5.41, 5.74) is 0. The van der Waals surface area contributed by atoms with Crippen LogP contribution in [-0.4, -0.2) is 61.8 Å². The van der Waals surface area contributed by atoms with E-state index in [0.717, 1.165) is 0 Å². The second-order valence-corrected chi connectivity index (χ2v) is 6.64. The molecule has 2 heterocycles. The lowest BCUT2D eigenvalue weighted by Gasteiger charge is -2.35. The van der Waals surface area contributed by atoms with Gasteiger partial charge in [-0.15, -0.1) is 0 Å². The molecule has 1 aromatic rings. The topological polar surface area (TPSA) is 91.8 Å². The van der Waals surface area contributed by atoms with Crippen molar-refractivity contribution in [1.82, 2.24) is 9.29 Å². The number of pyridine rings is 1. The second-order valence-electron chi connectivity index (χ2n) is 4.70. The van der Waals surface area contributed by atoms with E-state index in [2.05, 4.69) is 10.3 Å². The molecule has 0 amide bonds. The average Bonchev–Trinajstić information content (AvgIpc) is 2.46. The summed E-state index contributed by atoms with van der Waals surface area (Å²) in [5, 5.41) is 12.0. The van der Waals surface area contributed by atoms with Crippen molar-refractivity contribution in [3.8, 4) is 0 Å². The van der Waals surface area contributed by atoms with Crippen LogP contribution in [0.25, 0.3) is 0 Å². The van der Waals surface area contributed by atoms with Crippen LogP contribution in [0.15, 0.2) is 23.2 Å². The first-order valence-electron chi connectivity index (χ1n) is 6.37. The molecule has 2 atom stereocenters. The quantitative estimate of drug-likeness (QED) is 0.806. The third kappa shape index (κ3) is 3.09. The normalized spacial score (nSPS) is 24.6. The lowest BCUT2D eigenvalue weighted by atomic mass is 10.2. The van der Waals surface area contributed by atoms with E-state index in [1.54, 1.807) is 20.0 Å². The van der Waals surface area contributed by atoms with Gasteiger partial charge in [0, 0.05) is 26.3 Å². The number of ether oxygens (including phenoxy) is 1. The molecule has 0 aliphatic carbocycles. The predicted molar refractivity (Wildman–Crippen MR) is 74.0 cm³/mol. The minimum absolute atomic E-state index is 0.141. The van der Waals surface area contributed by atoms with Gasteiger partial charge in [-0.05, 0) is 19.1 Å². The summed E-state index contributed by atoms with van der Waals surface area (Å²) >= 11 is 0. The number of aromatic nitrogens is 1. The molecular formula is C12H19N3O4S. The number of nitrogens with zero attached hydrogens (tertiary/aromatic N) is 2. The van der Waals surface area contributed by atoms with Crippen molar-refractivity contribution in [3.05, 3.63) is 18.3 Å². The van der Waals surface area contributed by atoms with Gasteiger partial charge in [0.15, 0.2) is 0 Å². The summed E-state index contributed by atoms with van der Waals surface area (Å²) in [6.07, 6.45) is 0.591. The number of hydrogen-bond acceptors (Lipinski definition) is 6. The number of aliphatic hydroxyl groups excluding tert-OH is 1. The van der Waals surface area contributed by atoms with Crippen LogP contribution in [0.4, 0.5) is 5.82 Å². The van der Waals surface area contributed by atoms with E-state index in [1.165, 1.54) is 16.6 Å². The van der Waals surface area contributed by atoms with Gasteiger partial charge in [-0.2, -0.15) is 4.31 Å². The van der Waals surface area contributed by atoms with Crippen LogP contribution in [0.1, 0.15) is 6.92 Å². The average molecular weight is 301 g/mol. The van der Waals surface area contributed by atoms with Gasteiger partial charge in [-0.3, -0.25) is 0 Å². The number of morpholine rings is 1. The Kier molecular flexibility index (Phi) is 4.59. The van der Waals surface area contributed by atoms with Crippen molar-refractivity contribution in [3.63, 3.8) is 0 Å². The number of rotatable bonds is 4. The van der Waals surface area contributed by atoms with Crippen molar-refractivity contribution in [2.45, 2.75) is 24.0 Å². The lowest BCUT2D eigenvalue weighted by Crippen LogP contribution is -2.50. The molecule has 2 rings (SSSR count). The van der Waals surface area contributed by atoms with Crippen molar-refractivity contribution in [2.24, 2.45) is 0 Å². The molecule has 7 nitrogen and oxygen atoms in total. The highest BCUT2D eigenvalue weighted by atomic mass is 32.2. The summed E-state index contributed by atoms with van der Waals surface area (Å²) in [7, 11) is -1.90. The molecule has 0 bridgehead atoms. The largest absolute Gasteiger partial charge is 0.394 e.